The van der Waals surface area contributed by atoms with Crippen LogP contribution in [0.15, 0.2) is 24.3 Å². The Morgan fingerprint density at radius 3 is 2.10 bits per heavy atom. The highest BCUT2D eigenvalue weighted by molar-refractivity contribution is 14.1. The maximum Gasteiger partial charge on any atom is 0.341 e. The molecule has 5 rings (SSSR count). The van der Waals surface area contributed by atoms with E-state index in [2.05, 4.69) is 136 Å². The number of esters is 1. The molecule has 0 aromatic heterocycles. The minimum absolute atomic E-state index is 0.0350. The molecule has 11 heteroatoms. The van der Waals surface area contributed by atoms with Crippen molar-refractivity contribution < 1.29 is 24.5 Å². The molecule has 0 radical (unpaired) electrons. The first kappa shape index (κ1) is 23.6. The molecule has 2 aliphatic heterocycles. The van der Waals surface area contributed by atoms with Crippen LogP contribution in [0.3, 0.4) is 0 Å². The average Bonchev–Trinajstić information content (AvgIpc) is 3.01. The number of ether oxygens (including phenoxy) is 2. The molecule has 0 saturated carbocycles. The zero-order valence-electron chi connectivity index (χ0n) is 14.7. The molecule has 2 aliphatic rings. The number of hydrogen-bond acceptors (Lipinski definition) is 5. The van der Waals surface area contributed by atoms with Crippen molar-refractivity contribution in [2.24, 2.45) is 0 Å². The number of carbonyl (C=O) groups is 1. The highest BCUT2D eigenvalue weighted by atomic mass is 127. The zero-order chi connectivity index (χ0) is 22.4. The third-order valence-corrected chi connectivity index (χ3v) is 15.8. The monoisotopic (exact) mass is 1090 g/mol. The molecule has 2 heterocycles. The molecule has 1 unspecified atom stereocenters. The van der Waals surface area contributed by atoms with Gasteiger partial charge in [0.1, 0.15) is 23.0 Å². The number of halogens is 6. The molecule has 0 saturated heterocycles. The number of hydrogen-bond donors (Lipinski definition) is 2. The Labute approximate surface area is 258 Å². The summed E-state index contributed by atoms with van der Waals surface area (Å²) in [7, 11) is 0. The Morgan fingerprint density at radius 2 is 1.39 bits per heavy atom. The summed E-state index contributed by atoms with van der Waals surface area (Å²) in [5, 5.41) is 20.6. The highest BCUT2D eigenvalue weighted by Crippen LogP contribution is 2.60. The van der Waals surface area contributed by atoms with E-state index >= 15 is 0 Å². The van der Waals surface area contributed by atoms with Gasteiger partial charge in [-0.25, -0.2) is 4.79 Å². The van der Waals surface area contributed by atoms with Crippen molar-refractivity contribution in [2.75, 3.05) is 0 Å². The molecule has 2 N–H and O–H groups in total. The Hall–Kier alpha value is 0.910. The quantitative estimate of drug-likeness (QED) is 0.107. The van der Waals surface area contributed by atoms with Crippen LogP contribution in [0.2, 0.25) is 0 Å². The summed E-state index contributed by atoms with van der Waals surface area (Å²) in [5.41, 5.74) is 1.36. The third-order valence-electron chi connectivity index (χ3n) is 5.14. The van der Waals surface area contributed by atoms with Crippen molar-refractivity contribution in [1.82, 2.24) is 0 Å². The molecule has 3 aromatic carbocycles. The first-order valence-electron chi connectivity index (χ1n) is 8.42. The fourth-order valence-electron chi connectivity index (χ4n) is 3.90. The summed E-state index contributed by atoms with van der Waals surface area (Å²) in [6.07, 6.45) is 0. The topological polar surface area (TPSA) is 76.0 Å². The summed E-state index contributed by atoms with van der Waals surface area (Å²) in [6, 6.07) is 6.34. The van der Waals surface area contributed by atoms with Crippen LogP contribution in [0.25, 0.3) is 0 Å². The van der Waals surface area contributed by atoms with Crippen LogP contribution in [0, 0.1) is 21.4 Å². The van der Waals surface area contributed by atoms with Gasteiger partial charge in [0.25, 0.3) is 0 Å². The predicted octanol–water partition coefficient (Wildman–Crippen LogP) is 7.29. The van der Waals surface area contributed by atoms with Crippen molar-refractivity contribution in [2.45, 2.75) is 5.60 Å². The standard InChI is InChI=1S/C20H6I6O5/c21-13-7(28)4-9-11(15(13)23)20(6-2-1-5(27)3-8(6)30-9)12-10(19(29)31-20)14(22)17(25)18(26)16(12)24/h1-4,27-28H. The van der Waals surface area contributed by atoms with Crippen molar-refractivity contribution in [3.8, 4) is 23.0 Å². The van der Waals surface area contributed by atoms with E-state index in [1.165, 1.54) is 12.1 Å². The Balaban J connectivity index is 2.03. The van der Waals surface area contributed by atoms with Crippen molar-refractivity contribution in [1.29, 1.82) is 0 Å². The fraction of sp³-hybridized carbons (Fsp3) is 0.0500. The van der Waals surface area contributed by atoms with Crippen LogP contribution in [-0.2, 0) is 10.3 Å². The van der Waals surface area contributed by atoms with Crippen molar-refractivity contribution in [3.63, 3.8) is 0 Å². The van der Waals surface area contributed by atoms with Gasteiger partial charge >= 0.3 is 5.97 Å². The number of benzene rings is 3. The van der Waals surface area contributed by atoms with E-state index in [4.69, 9.17) is 9.47 Å². The van der Waals surface area contributed by atoms with Crippen molar-refractivity contribution in [3.05, 3.63) is 67.9 Å². The smallest absolute Gasteiger partial charge is 0.341 e. The van der Waals surface area contributed by atoms with Gasteiger partial charge in [-0.3, -0.25) is 0 Å². The highest BCUT2D eigenvalue weighted by Gasteiger charge is 2.57. The van der Waals surface area contributed by atoms with Crippen LogP contribution in [0.4, 0.5) is 0 Å². The Kier molecular flexibility index (Phi) is 6.29. The average molecular weight is 1090 g/mol. The number of fused-ring (bicyclic) bond motifs is 6. The Morgan fingerprint density at radius 1 is 0.742 bits per heavy atom. The van der Waals surface area contributed by atoms with E-state index < -0.39 is 11.6 Å². The zero-order valence-corrected chi connectivity index (χ0v) is 27.6. The molecule has 158 valence electrons. The SMILES string of the molecule is O=C1OC2(c3ccc(O)cc3Oc3cc(O)c(I)c(I)c32)c2c(I)c(I)c(I)c(I)c21. The van der Waals surface area contributed by atoms with E-state index in [9.17, 15) is 15.0 Å². The summed E-state index contributed by atoms with van der Waals surface area (Å²) >= 11 is 13.3. The van der Waals surface area contributed by atoms with Crippen LogP contribution < -0.4 is 4.74 Å². The van der Waals surface area contributed by atoms with E-state index in [1.54, 1.807) is 12.1 Å². The lowest BCUT2D eigenvalue weighted by Gasteiger charge is -2.38. The van der Waals surface area contributed by atoms with Gasteiger partial charge < -0.3 is 19.7 Å². The number of phenolic OH excluding ortho intramolecular Hbond substituents is 2. The summed E-state index contributed by atoms with van der Waals surface area (Å²) in [6.45, 7) is 0. The van der Waals surface area contributed by atoms with Crippen LogP contribution in [0.5, 0.6) is 23.0 Å². The van der Waals surface area contributed by atoms with Crippen molar-refractivity contribution >= 4 is 142 Å². The molecule has 0 amide bonds. The maximum atomic E-state index is 13.3. The second kappa shape index (κ2) is 8.25. The van der Waals surface area contributed by atoms with Gasteiger partial charge in [-0.05, 0) is 148 Å². The van der Waals surface area contributed by atoms with Crippen LogP contribution in [0.1, 0.15) is 27.0 Å². The van der Waals surface area contributed by atoms with Gasteiger partial charge in [-0.2, -0.15) is 0 Å². The molecule has 0 aliphatic carbocycles. The second-order valence-corrected chi connectivity index (χ2v) is 13.2. The lowest BCUT2D eigenvalue weighted by molar-refractivity contribution is 0.0219. The molecule has 1 spiro atoms. The molecule has 31 heavy (non-hydrogen) atoms. The van der Waals surface area contributed by atoms with Crippen LogP contribution >= 0.6 is 136 Å². The number of rotatable bonds is 0. The summed E-state index contributed by atoms with van der Waals surface area (Å²) < 4.78 is 17.6. The van der Waals surface area contributed by atoms with Gasteiger partial charge in [0.2, 0.25) is 0 Å². The molecule has 1 atom stereocenters. The van der Waals surface area contributed by atoms with Gasteiger partial charge in [0, 0.05) is 41.1 Å². The number of phenols is 2. The molecular formula is C20H6I6O5. The fourth-order valence-corrected chi connectivity index (χ4v) is 9.04. The van der Waals surface area contributed by atoms with E-state index in [1.807, 2.05) is 0 Å². The molecular weight excluding hydrogens is 1080 g/mol. The summed E-state index contributed by atoms with van der Waals surface area (Å²) in [4.78, 5) is 13.3. The number of carbonyl (C=O) groups excluding carboxylic acids is 1. The van der Waals surface area contributed by atoms with E-state index in [0.717, 1.165) is 23.4 Å². The maximum absolute atomic E-state index is 13.3. The van der Waals surface area contributed by atoms with Crippen LogP contribution in [-0.4, -0.2) is 16.2 Å². The lowest BCUT2D eigenvalue weighted by Crippen LogP contribution is -2.35. The minimum atomic E-state index is -1.26. The van der Waals surface area contributed by atoms with Gasteiger partial charge in [-0.1, -0.05) is 0 Å². The predicted molar refractivity (Wildman–Crippen MR) is 164 cm³/mol. The first-order valence-corrected chi connectivity index (χ1v) is 14.9. The van der Waals surface area contributed by atoms with Gasteiger partial charge in [0.15, 0.2) is 5.60 Å². The summed E-state index contributed by atoms with van der Waals surface area (Å²) in [5.74, 6) is 0.475. The molecule has 3 aromatic rings. The van der Waals surface area contributed by atoms with E-state index in [-0.39, 0.29) is 11.5 Å². The largest absolute Gasteiger partial charge is 0.508 e. The van der Waals surface area contributed by atoms with E-state index in [0.29, 0.717) is 31.8 Å². The molecule has 5 nitrogen and oxygen atoms in total. The third kappa shape index (κ3) is 3.27. The normalized spacial score (nSPS) is 18.3. The minimum Gasteiger partial charge on any atom is -0.508 e. The lowest BCUT2D eigenvalue weighted by atomic mass is 9.77. The second-order valence-electron chi connectivity index (χ2n) is 6.76. The number of aromatic hydroxyl groups is 2. The molecule has 0 fully saturated rings. The molecule has 0 bridgehead atoms. The Bertz CT molecular complexity index is 1360. The first-order chi connectivity index (χ1) is 14.6. The van der Waals surface area contributed by atoms with Gasteiger partial charge in [-0.15, -0.1) is 0 Å². The van der Waals surface area contributed by atoms with Gasteiger partial charge in [0.05, 0.1) is 14.7 Å².